The summed E-state index contributed by atoms with van der Waals surface area (Å²) in [5.41, 5.74) is 0.448. The van der Waals surface area contributed by atoms with Gasteiger partial charge in [0, 0.05) is 12.3 Å². The van der Waals surface area contributed by atoms with E-state index in [1.165, 1.54) is 25.7 Å². The third kappa shape index (κ3) is 2.09. The van der Waals surface area contributed by atoms with Crippen molar-refractivity contribution in [3.63, 3.8) is 0 Å². The number of fused-ring (bicyclic) bond motifs is 1. The molecule has 0 radical (unpaired) electrons. The van der Waals surface area contributed by atoms with E-state index in [0.29, 0.717) is 23.0 Å². The number of allylic oxidation sites excluding steroid dienone is 1. The molecular formula is C15H24O. The standard InChI is InChI=1S/C15H24O/c1-3-4-5-10-15(2)11-9-12-13(15)7-6-8-14(12)16/h3,12-13H,1,4-11H2,2H3/t12-,13-,15?/m0/s1. The van der Waals surface area contributed by atoms with Crippen LogP contribution in [0.1, 0.15) is 58.3 Å². The third-order valence-electron chi connectivity index (χ3n) is 4.92. The van der Waals surface area contributed by atoms with Gasteiger partial charge in [-0.1, -0.05) is 13.0 Å². The van der Waals surface area contributed by atoms with Gasteiger partial charge in [0.15, 0.2) is 0 Å². The second-order valence-corrected chi connectivity index (χ2v) is 5.95. The quantitative estimate of drug-likeness (QED) is 0.514. The highest BCUT2D eigenvalue weighted by Crippen LogP contribution is 2.54. The fourth-order valence-electron chi connectivity index (χ4n) is 3.93. The molecule has 90 valence electrons. The first kappa shape index (κ1) is 11.9. The van der Waals surface area contributed by atoms with Crippen molar-refractivity contribution in [2.45, 2.75) is 58.3 Å². The number of carbonyl (C=O) groups excluding carboxylic acids is 1. The molecule has 16 heavy (non-hydrogen) atoms. The van der Waals surface area contributed by atoms with Crippen LogP contribution in [0, 0.1) is 17.3 Å². The van der Waals surface area contributed by atoms with E-state index in [1.807, 2.05) is 6.08 Å². The summed E-state index contributed by atoms with van der Waals surface area (Å²) < 4.78 is 0. The third-order valence-corrected chi connectivity index (χ3v) is 4.92. The average Bonchev–Trinajstić information content (AvgIpc) is 2.59. The molecule has 0 spiro atoms. The van der Waals surface area contributed by atoms with Crippen LogP contribution in [-0.2, 0) is 4.79 Å². The van der Waals surface area contributed by atoms with Gasteiger partial charge in [-0.25, -0.2) is 0 Å². The maximum atomic E-state index is 11.9. The summed E-state index contributed by atoms with van der Waals surface area (Å²) in [5, 5.41) is 0. The predicted octanol–water partition coefficient (Wildman–Crippen LogP) is 4.13. The number of rotatable bonds is 4. The van der Waals surface area contributed by atoms with E-state index in [0.717, 1.165) is 25.7 Å². The Hall–Kier alpha value is -0.590. The number of Topliss-reactive ketones (excluding diaryl/α,β-unsaturated/α-hetero) is 1. The minimum Gasteiger partial charge on any atom is -0.299 e. The molecule has 0 heterocycles. The van der Waals surface area contributed by atoms with E-state index in [4.69, 9.17) is 0 Å². The molecule has 0 aromatic rings. The molecule has 0 aromatic carbocycles. The van der Waals surface area contributed by atoms with E-state index >= 15 is 0 Å². The molecule has 3 atom stereocenters. The maximum Gasteiger partial charge on any atom is 0.136 e. The molecule has 0 aromatic heterocycles. The van der Waals surface area contributed by atoms with Crippen molar-refractivity contribution >= 4 is 5.78 Å². The van der Waals surface area contributed by atoms with Crippen molar-refractivity contribution in [2.75, 3.05) is 0 Å². The normalized spacial score (nSPS) is 38.4. The highest BCUT2D eigenvalue weighted by atomic mass is 16.1. The SMILES string of the molecule is C=CCCCC1(C)CC[C@@H]2C(=O)CCC[C@@H]21. The van der Waals surface area contributed by atoms with Crippen molar-refractivity contribution < 1.29 is 4.79 Å². The van der Waals surface area contributed by atoms with Crippen LogP contribution >= 0.6 is 0 Å². The molecule has 2 fully saturated rings. The zero-order chi connectivity index (χ0) is 11.6. The Balaban J connectivity index is 2.00. The number of unbranched alkanes of at least 4 members (excludes halogenated alkanes) is 1. The number of hydrogen-bond donors (Lipinski definition) is 0. The number of hydrogen-bond acceptors (Lipinski definition) is 1. The van der Waals surface area contributed by atoms with Crippen molar-refractivity contribution in [2.24, 2.45) is 17.3 Å². The first-order valence-electron chi connectivity index (χ1n) is 6.81. The second kappa shape index (κ2) is 4.73. The summed E-state index contributed by atoms with van der Waals surface area (Å²) in [6.45, 7) is 6.20. The van der Waals surface area contributed by atoms with E-state index in [1.54, 1.807) is 0 Å². The topological polar surface area (TPSA) is 17.1 Å². The maximum absolute atomic E-state index is 11.9. The van der Waals surface area contributed by atoms with Crippen LogP contribution in [0.15, 0.2) is 12.7 Å². The van der Waals surface area contributed by atoms with Gasteiger partial charge in [0.1, 0.15) is 5.78 Å². The zero-order valence-electron chi connectivity index (χ0n) is 10.5. The molecule has 0 saturated heterocycles. The highest BCUT2D eigenvalue weighted by Gasteiger charge is 2.48. The van der Waals surface area contributed by atoms with Gasteiger partial charge in [-0.05, 0) is 56.3 Å². The smallest absolute Gasteiger partial charge is 0.136 e. The van der Waals surface area contributed by atoms with Crippen LogP contribution in [0.5, 0.6) is 0 Å². The molecule has 0 amide bonds. The van der Waals surface area contributed by atoms with Gasteiger partial charge in [-0.2, -0.15) is 0 Å². The molecule has 1 nitrogen and oxygen atoms in total. The van der Waals surface area contributed by atoms with Gasteiger partial charge in [0.05, 0.1) is 0 Å². The largest absolute Gasteiger partial charge is 0.299 e. The minimum absolute atomic E-state index is 0.419. The van der Waals surface area contributed by atoms with Gasteiger partial charge < -0.3 is 0 Å². The van der Waals surface area contributed by atoms with Crippen LogP contribution < -0.4 is 0 Å². The van der Waals surface area contributed by atoms with Gasteiger partial charge >= 0.3 is 0 Å². The monoisotopic (exact) mass is 220 g/mol. The van der Waals surface area contributed by atoms with Crippen LogP contribution in [-0.4, -0.2) is 5.78 Å². The summed E-state index contributed by atoms with van der Waals surface area (Å²) in [4.78, 5) is 11.9. The van der Waals surface area contributed by atoms with Crippen LogP contribution in [0.4, 0.5) is 0 Å². The molecule has 0 aliphatic heterocycles. The van der Waals surface area contributed by atoms with Gasteiger partial charge in [0.25, 0.3) is 0 Å². The van der Waals surface area contributed by atoms with E-state index < -0.39 is 0 Å². The predicted molar refractivity (Wildman–Crippen MR) is 67.2 cm³/mol. The fourth-order valence-corrected chi connectivity index (χ4v) is 3.93. The zero-order valence-corrected chi connectivity index (χ0v) is 10.5. The Morgan fingerprint density at radius 3 is 3.06 bits per heavy atom. The molecular weight excluding hydrogens is 196 g/mol. The van der Waals surface area contributed by atoms with Crippen molar-refractivity contribution in [3.05, 3.63) is 12.7 Å². The van der Waals surface area contributed by atoms with Crippen molar-refractivity contribution in [1.82, 2.24) is 0 Å². The second-order valence-electron chi connectivity index (χ2n) is 5.95. The Labute approximate surface area is 99.3 Å². The Bertz CT molecular complexity index is 281. The Morgan fingerprint density at radius 1 is 1.50 bits per heavy atom. The summed E-state index contributed by atoms with van der Waals surface area (Å²) in [6.07, 6.45) is 11.4. The first-order valence-corrected chi connectivity index (χ1v) is 6.81. The summed E-state index contributed by atoms with van der Waals surface area (Å²) in [6, 6.07) is 0. The molecule has 0 bridgehead atoms. The van der Waals surface area contributed by atoms with Crippen LogP contribution in [0.2, 0.25) is 0 Å². The van der Waals surface area contributed by atoms with E-state index in [9.17, 15) is 4.79 Å². The molecule has 2 aliphatic carbocycles. The lowest BCUT2D eigenvalue weighted by atomic mass is 9.68. The first-order chi connectivity index (χ1) is 7.67. The summed E-state index contributed by atoms with van der Waals surface area (Å²) >= 11 is 0. The lowest BCUT2D eigenvalue weighted by Gasteiger charge is -2.36. The van der Waals surface area contributed by atoms with E-state index in [2.05, 4.69) is 13.5 Å². The Kier molecular flexibility index (Phi) is 3.51. The molecule has 0 N–H and O–H groups in total. The number of ketones is 1. The Morgan fingerprint density at radius 2 is 2.31 bits per heavy atom. The molecule has 2 aliphatic rings. The lowest BCUT2D eigenvalue weighted by molar-refractivity contribution is -0.126. The fraction of sp³-hybridized carbons (Fsp3) is 0.800. The van der Waals surface area contributed by atoms with E-state index in [-0.39, 0.29) is 0 Å². The van der Waals surface area contributed by atoms with Crippen molar-refractivity contribution in [1.29, 1.82) is 0 Å². The summed E-state index contributed by atoms with van der Waals surface area (Å²) in [5.74, 6) is 1.67. The molecule has 1 heteroatoms. The lowest BCUT2D eigenvalue weighted by Crippen LogP contribution is -2.32. The number of carbonyl (C=O) groups is 1. The molecule has 1 unspecified atom stereocenters. The van der Waals surface area contributed by atoms with Gasteiger partial charge in [-0.15, -0.1) is 6.58 Å². The minimum atomic E-state index is 0.419. The molecule has 2 rings (SSSR count). The molecule has 2 saturated carbocycles. The average molecular weight is 220 g/mol. The van der Waals surface area contributed by atoms with Gasteiger partial charge in [0.2, 0.25) is 0 Å². The van der Waals surface area contributed by atoms with Crippen molar-refractivity contribution in [3.8, 4) is 0 Å². The summed E-state index contributed by atoms with van der Waals surface area (Å²) in [7, 11) is 0. The van der Waals surface area contributed by atoms with Crippen LogP contribution in [0.25, 0.3) is 0 Å². The highest BCUT2D eigenvalue weighted by molar-refractivity contribution is 5.82. The van der Waals surface area contributed by atoms with Crippen LogP contribution in [0.3, 0.4) is 0 Å². The van der Waals surface area contributed by atoms with Gasteiger partial charge in [-0.3, -0.25) is 4.79 Å².